The highest BCUT2D eigenvalue weighted by molar-refractivity contribution is 6.08. The molecule has 3 N–H and O–H groups in total. The molecule has 6 nitrogen and oxygen atoms in total. The van der Waals surface area contributed by atoms with Crippen LogP contribution < -0.4 is 10.6 Å². The number of H-pyrrole nitrogens is 1. The Morgan fingerprint density at radius 3 is 2.29 bits per heavy atom. The lowest BCUT2D eigenvalue weighted by atomic mass is 10.0. The Morgan fingerprint density at radius 1 is 1.18 bits per heavy atom. The summed E-state index contributed by atoms with van der Waals surface area (Å²) in [6.45, 7) is 20.5. The first-order chi connectivity index (χ1) is 16.0. The zero-order chi connectivity index (χ0) is 26.3. The van der Waals surface area contributed by atoms with Crippen molar-refractivity contribution in [2.45, 2.75) is 87.3 Å². The minimum atomic E-state index is -0.552. The van der Waals surface area contributed by atoms with Gasteiger partial charge in [0.1, 0.15) is 17.2 Å². The van der Waals surface area contributed by atoms with Gasteiger partial charge in [0.2, 0.25) is 0 Å². The van der Waals surface area contributed by atoms with Crippen LogP contribution in [-0.4, -0.2) is 41.5 Å². The molecule has 0 radical (unpaired) electrons. The summed E-state index contributed by atoms with van der Waals surface area (Å²) < 4.78 is 19.6. The third kappa shape index (κ3) is 10.9. The first-order valence-electron chi connectivity index (χ1n) is 12.2. The number of nitrogens with zero attached hydrogens (tertiary/aromatic N) is 1. The van der Waals surface area contributed by atoms with E-state index in [9.17, 15) is 9.18 Å². The Balaban J connectivity index is 0. The number of hydrogen-bond acceptors (Lipinski definition) is 4. The quantitative estimate of drug-likeness (QED) is 0.357. The first-order valence-corrected chi connectivity index (χ1v) is 12.2. The molecule has 0 saturated carbocycles. The lowest BCUT2D eigenvalue weighted by Crippen LogP contribution is -2.39. The van der Waals surface area contributed by atoms with Crippen LogP contribution in [0.3, 0.4) is 0 Å². The van der Waals surface area contributed by atoms with Crippen LogP contribution in [0.15, 0.2) is 35.5 Å². The summed E-state index contributed by atoms with van der Waals surface area (Å²) >= 11 is 0. The van der Waals surface area contributed by atoms with Crippen LogP contribution in [0.1, 0.15) is 82.6 Å². The number of alkyl carbamates (subject to hydrolysis) is 1. The van der Waals surface area contributed by atoms with Gasteiger partial charge in [-0.05, 0) is 47.6 Å². The molecule has 1 aromatic carbocycles. The topological polar surface area (TPSA) is 78.5 Å². The number of hydrogen-bond donors (Lipinski definition) is 3. The molecular formula is C27H47FN4O2. The lowest BCUT2D eigenvalue weighted by molar-refractivity contribution is 0.0510. The van der Waals surface area contributed by atoms with Crippen molar-refractivity contribution in [3.05, 3.63) is 41.8 Å². The summed E-state index contributed by atoms with van der Waals surface area (Å²) in [4.78, 5) is 19.7. The van der Waals surface area contributed by atoms with Crippen LogP contribution in [0.5, 0.6) is 0 Å². The van der Waals surface area contributed by atoms with Gasteiger partial charge in [-0.25, -0.2) is 9.18 Å². The molecule has 194 valence electrons. The summed E-state index contributed by atoms with van der Waals surface area (Å²) in [5.74, 6) is 0.503. The maximum absolute atomic E-state index is 14.4. The Hall–Kier alpha value is -2.83. The fourth-order valence-electron chi connectivity index (χ4n) is 2.91. The van der Waals surface area contributed by atoms with Gasteiger partial charge in [0, 0.05) is 42.6 Å². The Morgan fingerprint density at radius 2 is 1.76 bits per heavy atom. The number of amides is 1. The van der Waals surface area contributed by atoms with Gasteiger partial charge in [0.05, 0.1) is 6.54 Å². The molecule has 0 unspecified atom stereocenters. The lowest BCUT2D eigenvalue weighted by Gasteiger charge is -2.21. The fourth-order valence-corrected chi connectivity index (χ4v) is 2.91. The zero-order valence-corrected chi connectivity index (χ0v) is 22.7. The minimum absolute atomic E-state index is 0. The standard InChI is InChI=1S/C22H31FN4O2.C3H8.C2H6.H2/c1-7-24-20-19(17(13-26-20)16-10-8-9-11-18(16)23)15(3)25-12-14(2)27-21(28)29-22(4,5)6;1-3-2;1-2;/h8-11,13-14,24,26H,7,12H2,1-6H3,(H,27,28);3H2,1-2H3;1-2H3;1H/t14-;;;/m1.../s1. The summed E-state index contributed by atoms with van der Waals surface area (Å²) in [6, 6.07) is 6.46. The summed E-state index contributed by atoms with van der Waals surface area (Å²) in [7, 11) is 0. The molecule has 34 heavy (non-hydrogen) atoms. The van der Waals surface area contributed by atoms with Crippen LogP contribution in [0.4, 0.5) is 15.0 Å². The molecular weight excluding hydrogens is 431 g/mol. The number of ether oxygens (including phenoxy) is 1. The van der Waals surface area contributed by atoms with Crippen molar-refractivity contribution < 1.29 is 15.3 Å². The first kappa shape index (κ1) is 31.2. The second kappa shape index (κ2) is 15.9. The van der Waals surface area contributed by atoms with E-state index in [0.717, 1.165) is 22.7 Å². The smallest absolute Gasteiger partial charge is 0.407 e. The minimum Gasteiger partial charge on any atom is -0.444 e. The van der Waals surface area contributed by atoms with Crippen molar-refractivity contribution in [2.75, 3.05) is 18.4 Å². The van der Waals surface area contributed by atoms with Crippen molar-refractivity contribution >= 4 is 17.6 Å². The zero-order valence-electron chi connectivity index (χ0n) is 22.7. The second-order valence-electron chi connectivity index (χ2n) is 8.64. The normalized spacial score (nSPS) is 11.9. The molecule has 0 saturated heterocycles. The van der Waals surface area contributed by atoms with Gasteiger partial charge in [-0.3, -0.25) is 4.99 Å². The number of halogens is 1. The second-order valence-corrected chi connectivity index (χ2v) is 8.64. The number of aliphatic imine (C=N–C) groups is 1. The number of rotatable bonds is 7. The molecule has 1 amide bonds. The van der Waals surface area contributed by atoms with Crippen molar-refractivity contribution in [3.8, 4) is 11.1 Å². The number of aromatic amines is 1. The average molecular weight is 479 g/mol. The number of carbonyl (C=O) groups is 1. The summed E-state index contributed by atoms with van der Waals surface area (Å²) in [5, 5.41) is 6.04. The van der Waals surface area contributed by atoms with Crippen molar-refractivity contribution in [1.82, 2.24) is 10.3 Å². The summed E-state index contributed by atoms with van der Waals surface area (Å²) in [5.41, 5.74) is 2.27. The highest BCUT2D eigenvalue weighted by Crippen LogP contribution is 2.31. The number of benzene rings is 1. The van der Waals surface area contributed by atoms with Crippen LogP contribution in [0.2, 0.25) is 0 Å². The van der Waals surface area contributed by atoms with Crippen LogP contribution in [-0.2, 0) is 4.74 Å². The molecule has 0 aliphatic rings. The number of carbonyl (C=O) groups excluding carboxylic acids is 1. The van der Waals surface area contributed by atoms with Crippen LogP contribution in [0, 0.1) is 5.82 Å². The molecule has 0 aliphatic carbocycles. The van der Waals surface area contributed by atoms with Crippen molar-refractivity contribution in [3.63, 3.8) is 0 Å². The van der Waals surface area contributed by atoms with E-state index in [2.05, 4.69) is 34.5 Å². The third-order valence-corrected chi connectivity index (χ3v) is 4.13. The Kier molecular flexibility index (Phi) is 14.6. The summed E-state index contributed by atoms with van der Waals surface area (Å²) in [6.07, 6.45) is 2.56. The highest BCUT2D eigenvalue weighted by Gasteiger charge is 2.19. The van der Waals surface area contributed by atoms with E-state index in [-0.39, 0.29) is 13.3 Å². The van der Waals surface area contributed by atoms with Crippen molar-refractivity contribution in [1.29, 1.82) is 0 Å². The average Bonchev–Trinajstić information content (AvgIpc) is 3.17. The van der Waals surface area contributed by atoms with Crippen LogP contribution in [0.25, 0.3) is 11.1 Å². The molecule has 0 fully saturated rings. The number of aromatic nitrogens is 1. The maximum Gasteiger partial charge on any atom is 0.407 e. The number of anilines is 1. The molecule has 0 bridgehead atoms. The van der Waals surface area contributed by atoms with Crippen LogP contribution >= 0.6 is 0 Å². The molecule has 1 heterocycles. The monoisotopic (exact) mass is 478 g/mol. The largest absolute Gasteiger partial charge is 0.444 e. The van der Waals surface area contributed by atoms with Crippen molar-refractivity contribution in [2.24, 2.45) is 4.99 Å². The molecule has 7 heteroatoms. The molecule has 1 atom stereocenters. The third-order valence-electron chi connectivity index (χ3n) is 4.13. The number of nitrogens with one attached hydrogen (secondary N) is 3. The van der Waals surface area contributed by atoms with E-state index in [0.29, 0.717) is 18.7 Å². The van der Waals surface area contributed by atoms with Gasteiger partial charge >= 0.3 is 6.09 Å². The molecule has 0 aliphatic heterocycles. The van der Waals surface area contributed by atoms with Gasteiger partial charge in [0.25, 0.3) is 0 Å². The Bertz CT molecular complexity index is 892. The SMILES string of the molecule is CC.CCC.CCNc1[nH]cc(-c2ccccc2F)c1C(C)=NC[C@@H](C)NC(=O)OC(C)(C)C.[HH]. The highest BCUT2D eigenvalue weighted by atomic mass is 19.1. The maximum atomic E-state index is 14.4. The molecule has 1 aromatic heterocycles. The van der Waals surface area contributed by atoms with E-state index in [1.165, 1.54) is 12.5 Å². The van der Waals surface area contributed by atoms with Gasteiger partial charge in [-0.15, -0.1) is 0 Å². The van der Waals surface area contributed by atoms with E-state index in [1.807, 2.05) is 55.4 Å². The van der Waals surface area contributed by atoms with Gasteiger partial charge in [0.15, 0.2) is 0 Å². The Labute approximate surface area is 207 Å². The van der Waals surface area contributed by atoms with Gasteiger partial charge in [-0.2, -0.15) is 0 Å². The fraction of sp³-hybridized carbons (Fsp3) is 0.556. The van der Waals surface area contributed by atoms with Gasteiger partial charge in [-0.1, -0.05) is 52.3 Å². The van der Waals surface area contributed by atoms with E-state index < -0.39 is 11.7 Å². The molecule has 2 rings (SSSR count). The van der Waals surface area contributed by atoms with Gasteiger partial charge < -0.3 is 20.4 Å². The predicted molar refractivity (Wildman–Crippen MR) is 146 cm³/mol. The molecule has 2 aromatic rings. The predicted octanol–water partition coefficient (Wildman–Crippen LogP) is 7.66. The molecule has 0 spiro atoms. The van der Waals surface area contributed by atoms with E-state index >= 15 is 0 Å². The van der Waals surface area contributed by atoms with E-state index in [4.69, 9.17) is 4.74 Å². The van der Waals surface area contributed by atoms with E-state index in [1.54, 1.807) is 24.4 Å².